The van der Waals surface area contributed by atoms with E-state index in [0.717, 1.165) is 4.90 Å². The molecule has 1 heterocycles. The fourth-order valence-corrected chi connectivity index (χ4v) is 2.59. The van der Waals surface area contributed by atoms with Gasteiger partial charge in [-0.3, -0.25) is 14.5 Å². The molecule has 0 fully saturated rings. The Bertz CT molecular complexity index is 686. The fourth-order valence-electron chi connectivity index (χ4n) is 2.59. The van der Waals surface area contributed by atoms with Crippen LogP contribution < -0.4 is 5.32 Å². The number of nitrogens with zero attached hydrogens (tertiary/aromatic N) is 1. The van der Waals surface area contributed by atoms with Gasteiger partial charge >= 0.3 is 6.09 Å². The average Bonchev–Trinajstić information content (AvgIpc) is 2.82. The summed E-state index contributed by atoms with van der Waals surface area (Å²) < 4.78 is 5.11. The molecule has 0 radical (unpaired) electrons. The van der Waals surface area contributed by atoms with Crippen LogP contribution in [-0.2, 0) is 4.74 Å². The molecule has 0 spiro atoms. The number of carbonyl (C=O) groups is 3. The first-order chi connectivity index (χ1) is 12.2. The lowest BCUT2D eigenvalue weighted by Crippen LogP contribution is -2.41. The molecule has 1 atom stereocenters. The molecule has 0 aliphatic carbocycles. The number of rotatable bonds is 6. The summed E-state index contributed by atoms with van der Waals surface area (Å²) in [6.07, 6.45) is 3.16. The number of hydrogen-bond donors (Lipinski definition) is 2. The summed E-state index contributed by atoms with van der Waals surface area (Å²) in [7, 11) is 0. The molecule has 0 saturated carbocycles. The van der Waals surface area contributed by atoms with Gasteiger partial charge in [0.1, 0.15) is 5.60 Å². The number of benzene rings is 1. The van der Waals surface area contributed by atoms with Crippen LogP contribution in [0.5, 0.6) is 0 Å². The van der Waals surface area contributed by atoms with Crippen molar-refractivity contribution in [3.63, 3.8) is 0 Å². The van der Waals surface area contributed by atoms with E-state index in [1.807, 2.05) is 0 Å². The predicted molar refractivity (Wildman–Crippen MR) is 95.8 cm³/mol. The lowest BCUT2D eigenvalue weighted by molar-refractivity contribution is 0.0515. The van der Waals surface area contributed by atoms with Crippen molar-refractivity contribution in [1.82, 2.24) is 10.2 Å². The molecule has 3 amide bonds. The molecule has 1 aromatic rings. The highest BCUT2D eigenvalue weighted by Gasteiger charge is 2.38. The summed E-state index contributed by atoms with van der Waals surface area (Å²) in [4.78, 5) is 37.5. The second-order valence-corrected chi connectivity index (χ2v) is 6.95. The quantitative estimate of drug-likeness (QED) is 0.598. The van der Waals surface area contributed by atoms with Crippen LogP contribution in [0.3, 0.4) is 0 Å². The average molecular weight is 360 g/mol. The smallest absolute Gasteiger partial charge is 0.407 e. The highest BCUT2D eigenvalue weighted by atomic mass is 16.6. The first kappa shape index (κ1) is 19.7. The molecule has 7 heteroatoms. The lowest BCUT2D eigenvalue weighted by Gasteiger charge is -2.23. The number of nitrogens with one attached hydrogen (secondary N) is 1. The van der Waals surface area contributed by atoms with Crippen LogP contribution in [0.25, 0.3) is 0 Å². The van der Waals surface area contributed by atoms with Gasteiger partial charge in [0.15, 0.2) is 0 Å². The normalized spacial score (nSPS) is 15.3. The molecule has 2 rings (SSSR count). The maximum Gasteiger partial charge on any atom is 0.407 e. The molecule has 1 unspecified atom stereocenters. The van der Waals surface area contributed by atoms with Crippen LogP contribution in [-0.4, -0.2) is 52.7 Å². The van der Waals surface area contributed by atoms with Gasteiger partial charge in [-0.15, -0.1) is 0 Å². The Labute approximate surface area is 152 Å². The zero-order chi connectivity index (χ0) is 19.3. The minimum atomic E-state index is -0.653. The molecule has 140 valence electrons. The topological polar surface area (TPSA) is 95.9 Å². The molecule has 7 nitrogen and oxygen atoms in total. The minimum absolute atomic E-state index is 0.245. The maximum atomic E-state index is 12.4. The van der Waals surface area contributed by atoms with Gasteiger partial charge in [-0.1, -0.05) is 24.3 Å². The van der Waals surface area contributed by atoms with E-state index >= 15 is 0 Å². The monoisotopic (exact) mass is 360 g/mol. The van der Waals surface area contributed by atoms with Gasteiger partial charge in [0, 0.05) is 6.54 Å². The van der Waals surface area contributed by atoms with E-state index in [4.69, 9.17) is 4.74 Å². The number of imide groups is 1. The number of alkyl carbamates (subject to hydrolysis) is 1. The number of ether oxygens (including phenoxy) is 1. The van der Waals surface area contributed by atoms with Gasteiger partial charge < -0.3 is 15.2 Å². The van der Waals surface area contributed by atoms with E-state index in [9.17, 15) is 19.5 Å². The second-order valence-electron chi connectivity index (χ2n) is 6.95. The summed E-state index contributed by atoms with van der Waals surface area (Å²) in [5, 5.41) is 12.2. The Morgan fingerprint density at radius 3 is 2.27 bits per heavy atom. The summed E-state index contributed by atoms with van der Waals surface area (Å²) in [6, 6.07) is 5.95. The van der Waals surface area contributed by atoms with Crippen molar-refractivity contribution in [1.29, 1.82) is 0 Å². The number of amides is 3. The third-order valence-electron chi connectivity index (χ3n) is 3.74. The van der Waals surface area contributed by atoms with Crippen molar-refractivity contribution < 1.29 is 24.2 Å². The Hall–Kier alpha value is -2.67. The van der Waals surface area contributed by atoms with E-state index in [1.54, 1.807) is 57.2 Å². The Kier molecular flexibility index (Phi) is 6.15. The van der Waals surface area contributed by atoms with E-state index in [2.05, 4.69) is 5.32 Å². The molecule has 1 aliphatic heterocycles. The van der Waals surface area contributed by atoms with Crippen molar-refractivity contribution in [2.75, 3.05) is 13.2 Å². The molecular weight excluding hydrogens is 336 g/mol. The van der Waals surface area contributed by atoms with Crippen molar-refractivity contribution in [2.45, 2.75) is 38.8 Å². The zero-order valence-corrected chi connectivity index (χ0v) is 15.2. The van der Waals surface area contributed by atoms with Gasteiger partial charge in [0.05, 0.1) is 23.8 Å². The molecule has 2 N–H and O–H groups in total. The summed E-state index contributed by atoms with van der Waals surface area (Å²) in [6.45, 7) is 5.23. The van der Waals surface area contributed by atoms with Crippen molar-refractivity contribution in [3.8, 4) is 0 Å². The van der Waals surface area contributed by atoms with Gasteiger partial charge in [0.2, 0.25) is 0 Å². The van der Waals surface area contributed by atoms with Crippen molar-refractivity contribution >= 4 is 17.9 Å². The van der Waals surface area contributed by atoms with Crippen LogP contribution in [0, 0.1) is 0 Å². The highest BCUT2D eigenvalue weighted by Crippen LogP contribution is 2.25. The van der Waals surface area contributed by atoms with Crippen molar-refractivity contribution in [2.24, 2.45) is 0 Å². The number of fused-ring (bicyclic) bond motifs is 1. The van der Waals surface area contributed by atoms with Crippen LogP contribution in [0.15, 0.2) is 36.4 Å². The van der Waals surface area contributed by atoms with E-state index in [1.165, 1.54) is 0 Å². The van der Waals surface area contributed by atoms with Gasteiger partial charge in [0.25, 0.3) is 11.8 Å². The second kappa shape index (κ2) is 8.14. The van der Waals surface area contributed by atoms with E-state index < -0.39 is 29.6 Å². The number of aliphatic hydroxyl groups excluding tert-OH is 1. The van der Waals surface area contributed by atoms with Crippen LogP contribution in [0.2, 0.25) is 0 Å². The summed E-state index contributed by atoms with van der Waals surface area (Å²) >= 11 is 0. The van der Waals surface area contributed by atoms with Crippen molar-refractivity contribution in [3.05, 3.63) is 47.5 Å². The molecule has 1 aliphatic rings. The number of aliphatic hydroxyl groups is 1. The molecule has 0 aromatic heterocycles. The van der Waals surface area contributed by atoms with Gasteiger partial charge in [-0.2, -0.15) is 0 Å². The first-order valence-corrected chi connectivity index (χ1v) is 8.44. The van der Waals surface area contributed by atoms with Crippen LogP contribution >= 0.6 is 0 Å². The first-order valence-electron chi connectivity index (χ1n) is 8.44. The lowest BCUT2D eigenvalue weighted by atomic mass is 10.1. The SMILES string of the molecule is CC(C)(C)OC(=O)NC/C=C/CC(CO)N1C(=O)c2ccccc2C1=O. The summed E-state index contributed by atoms with van der Waals surface area (Å²) in [5.41, 5.74) is 0.138. The Morgan fingerprint density at radius 1 is 1.19 bits per heavy atom. The van der Waals surface area contributed by atoms with Gasteiger partial charge in [-0.05, 0) is 39.3 Å². The van der Waals surface area contributed by atoms with Crippen LogP contribution in [0.4, 0.5) is 4.79 Å². The largest absolute Gasteiger partial charge is 0.444 e. The number of hydrogen-bond acceptors (Lipinski definition) is 5. The molecular formula is C19H24N2O5. The van der Waals surface area contributed by atoms with E-state index in [-0.39, 0.29) is 19.6 Å². The molecule has 0 saturated heterocycles. The molecule has 1 aromatic carbocycles. The Morgan fingerprint density at radius 2 is 1.77 bits per heavy atom. The predicted octanol–water partition coefficient (Wildman–Crippen LogP) is 2.11. The zero-order valence-electron chi connectivity index (χ0n) is 15.2. The Balaban J connectivity index is 1.90. The third-order valence-corrected chi connectivity index (χ3v) is 3.74. The molecule has 0 bridgehead atoms. The highest BCUT2D eigenvalue weighted by molar-refractivity contribution is 6.21. The summed E-state index contributed by atoms with van der Waals surface area (Å²) in [5.74, 6) is -0.796. The third kappa shape index (κ3) is 4.70. The standard InChI is InChI=1S/C19H24N2O5/c1-19(2,3)26-18(25)20-11-7-6-8-13(12-22)21-16(23)14-9-4-5-10-15(14)17(21)24/h4-7,9-10,13,22H,8,11-12H2,1-3H3,(H,20,25)/b7-6+. The minimum Gasteiger partial charge on any atom is -0.444 e. The molecule has 26 heavy (non-hydrogen) atoms. The van der Waals surface area contributed by atoms with E-state index in [0.29, 0.717) is 11.1 Å². The van der Waals surface area contributed by atoms with Crippen LogP contribution in [0.1, 0.15) is 47.9 Å². The fraction of sp³-hybridized carbons (Fsp3) is 0.421. The maximum absolute atomic E-state index is 12.4. The number of carbonyl (C=O) groups excluding carboxylic acids is 3. The van der Waals surface area contributed by atoms with Gasteiger partial charge in [-0.25, -0.2) is 4.79 Å².